The van der Waals surface area contributed by atoms with Crippen molar-refractivity contribution in [3.8, 4) is 0 Å². The number of benzene rings is 1. The van der Waals surface area contributed by atoms with Crippen LogP contribution in [-0.2, 0) is 0 Å². The molecule has 5 nitrogen and oxygen atoms in total. The monoisotopic (exact) mass is 341 g/mol. The van der Waals surface area contributed by atoms with Gasteiger partial charge in [-0.25, -0.2) is 4.39 Å². The molecule has 1 aromatic carbocycles. The van der Waals surface area contributed by atoms with Crippen LogP contribution < -0.4 is 5.32 Å². The minimum atomic E-state index is -0.389. The molecule has 1 unspecified atom stereocenters. The van der Waals surface area contributed by atoms with Crippen molar-refractivity contribution in [3.05, 3.63) is 53.2 Å². The van der Waals surface area contributed by atoms with Gasteiger partial charge in [-0.1, -0.05) is 23.4 Å². The molecule has 2 fully saturated rings. The lowest BCUT2D eigenvalue weighted by Gasteiger charge is -2.14. The number of nitrogens with one attached hydrogen (secondary N) is 1. The molecular formula is C19H20FN3O2. The zero-order chi connectivity index (χ0) is 17.2. The Labute approximate surface area is 145 Å². The number of nitrogens with zero attached hydrogens (tertiary/aromatic N) is 2. The molecule has 130 valence electrons. The van der Waals surface area contributed by atoms with Gasteiger partial charge in [0.25, 0.3) is 11.8 Å². The van der Waals surface area contributed by atoms with Crippen LogP contribution >= 0.6 is 0 Å². The first-order chi connectivity index (χ1) is 12.2. The highest BCUT2D eigenvalue weighted by atomic mass is 19.1. The van der Waals surface area contributed by atoms with Gasteiger partial charge in [-0.05, 0) is 62.1 Å². The van der Waals surface area contributed by atoms with E-state index in [2.05, 4.69) is 15.5 Å². The third-order valence-electron chi connectivity index (χ3n) is 4.84. The molecule has 1 amide bonds. The average Bonchev–Trinajstić information content (AvgIpc) is 3.13. The van der Waals surface area contributed by atoms with Crippen LogP contribution in [0.1, 0.15) is 66.6 Å². The smallest absolute Gasteiger partial charge is 0.286 e. The summed E-state index contributed by atoms with van der Waals surface area (Å²) in [5.74, 6) is 0.000924. The lowest BCUT2D eigenvalue weighted by Crippen LogP contribution is -2.30. The van der Waals surface area contributed by atoms with E-state index in [4.69, 9.17) is 4.52 Å². The number of rotatable bonds is 5. The fourth-order valence-corrected chi connectivity index (χ4v) is 3.26. The van der Waals surface area contributed by atoms with Crippen molar-refractivity contribution in [2.75, 3.05) is 0 Å². The summed E-state index contributed by atoms with van der Waals surface area (Å²) in [7, 11) is 0. The number of hydrogen-bond donors (Lipinski definition) is 1. The Balaban J connectivity index is 1.54. The van der Waals surface area contributed by atoms with E-state index in [0.717, 1.165) is 44.1 Å². The van der Waals surface area contributed by atoms with Gasteiger partial charge in [0.15, 0.2) is 11.7 Å². The Bertz CT molecular complexity index is 788. The Hall–Kier alpha value is -2.50. The summed E-state index contributed by atoms with van der Waals surface area (Å²) in [5.41, 5.74) is 1.34. The standard InChI is InChI=1S/C19H20FN3O2/c20-15(12-6-4-5-7-12)19-22-17(23-25-19)16(13-10-11-13)21-18(24)14-8-2-1-3-9-14/h1-3,8-9,13,16H,4-7,10-11H2,(H,21,24). The van der Waals surface area contributed by atoms with Gasteiger partial charge in [-0.15, -0.1) is 0 Å². The van der Waals surface area contributed by atoms with Crippen LogP contribution in [0, 0.1) is 5.92 Å². The van der Waals surface area contributed by atoms with Gasteiger partial charge in [0.05, 0.1) is 6.04 Å². The van der Waals surface area contributed by atoms with Gasteiger partial charge >= 0.3 is 0 Å². The summed E-state index contributed by atoms with van der Waals surface area (Å²) in [6, 6.07) is 8.66. The summed E-state index contributed by atoms with van der Waals surface area (Å²) in [6.45, 7) is 0. The van der Waals surface area contributed by atoms with E-state index in [1.54, 1.807) is 12.1 Å². The molecule has 2 aromatic rings. The molecule has 2 saturated carbocycles. The second kappa shape index (κ2) is 6.78. The van der Waals surface area contributed by atoms with Gasteiger partial charge in [-0.3, -0.25) is 4.79 Å². The number of hydrogen-bond acceptors (Lipinski definition) is 4. The fourth-order valence-electron chi connectivity index (χ4n) is 3.26. The highest BCUT2D eigenvalue weighted by Gasteiger charge is 2.37. The summed E-state index contributed by atoms with van der Waals surface area (Å²) in [5, 5.41) is 6.91. The van der Waals surface area contributed by atoms with Crippen molar-refractivity contribution >= 4 is 11.7 Å². The Morgan fingerprint density at radius 3 is 2.60 bits per heavy atom. The number of halogens is 1. The maximum Gasteiger partial charge on any atom is 0.286 e. The van der Waals surface area contributed by atoms with Gasteiger partial charge in [0.1, 0.15) is 0 Å². The van der Waals surface area contributed by atoms with Crippen molar-refractivity contribution in [2.24, 2.45) is 5.92 Å². The van der Waals surface area contributed by atoms with Crippen molar-refractivity contribution in [1.82, 2.24) is 15.5 Å². The molecule has 6 heteroatoms. The zero-order valence-corrected chi connectivity index (χ0v) is 13.9. The molecule has 1 atom stereocenters. The van der Waals surface area contributed by atoms with E-state index in [-0.39, 0.29) is 29.6 Å². The molecule has 2 aliphatic carbocycles. The largest absolute Gasteiger partial charge is 0.342 e. The van der Waals surface area contributed by atoms with Crippen LogP contribution in [0.2, 0.25) is 0 Å². The van der Waals surface area contributed by atoms with Crippen LogP contribution in [0.4, 0.5) is 4.39 Å². The normalized spacial score (nSPS) is 18.2. The molecular weight excluding hydrogens is 321 g/mol. The molecule has 0 spiro atoms. The number of carbonyl (C=O) groups is 1. The minimum Gasteiger partial charge on any atom is -0.342 e. The number of amides is 1. The summed E-state index contributed by atoms with van der Waals surface area (Å²) >= 11 is 0. The van der Waals surface area contributed by atoms with E-state index >= 15 is 0 Å². The Kier molecular flexibility index (Phi) is 4.34. The molecule has 0 saturated heterocycles. The molecule has 2 aliphatic rings. The Morgan fingerprint density at radius 1 is 1.20 bits per heavy atom. The highest BCUT2D eigenvalue weighted by molar-refractivity contribution is 5.94. The number of aromatic nitrogens is 2. The van der Waals surface area contributed by atoms with E-state index in [1.165, 1.54) is 0 Å². The molecule has 1 heterocycles. The predicted molar refractivity (Wildman–Crippen MR) is 90.2 cm³/mol. The summed E-state index contributed by atoms with van der Waals surface area (Å²) in [4.78, 5) is 16.7. The summed E-state index contributed by atoms with van der Waals surface area (Å²) in [6.07, 6.45) is 5.49. The van der Waals surface area contributed by atoms with Crippen molar-refractivity contribution in [2.45, 2.75) is 44.6 Å². The quantitative estimate of drug-likeness (QED) is 0.885. The first kappa shape index (κ1) is 16.0. The molecule has 1 aromatic heterocycles. The third kappa shape index (κ3) is 3.48. The fraction of sp³-hybridized carbons (Fsp3) is 0.421. The van der Waals surface area contributed by atoms with Crippen LogP contribution in [0.15, 0.2) is 40.4 Å². The third-order valence-corrected chi connectivity index (χ3v) is 4.84. The van der Waals surface area contributed by atoms with Gasteiger partial charge in [0, 0.05) is 5.56 Å². The minimum absolute atomic E-state index is 0.0634. The SMILES string of the molecule is O=C(NC(c1noc(C(F)=C2CCCC2)n1)C1CC1)c1ccccc1. The molecule has 0 aliphatic heterocycles. The van der Waals surface area contributed by atoms with E-state index < -0.39 is 0 Å². The second-order valence-corrected chi connectivity index (χ2v) is 6.74. The van der Waals surface area contributed by atoms with E-state index in [0.29, 0.717) is 11.4 Å². The molecule has 0 radical (unpaired) electrons. The van der Waals surface area contributed by atoms with Crippen LogP contribution in [-0.4, -0.2) is 16.0 Å². The van der Waals surface area contributed by atoms with Gasteiger partial charge in [-0.2, -0.15) is 4.98 Å². The molecule has 1 N–H and O–H groups in total. The van der Waals surface area contributed by atoms with Crippen LogP contribution in [0.25, 0.3) is 5.83 Å². The number of carbonyl (C=O) groups excluding carboxylic acids is 1. The predicted octanol–water partition coefficient (Wildman–Crippen LogP) is 4.21. The molecule has 25 heavy (non-hydrogen) atoms. The Morgan fingerprint density at radius 2 is 1.92 bits per heavy atom. The maximum absolute atomic E-state index is 14.5. The first-order valence-electron chi connectivity index (χ1n) is 8.80. The van der Waals surface area contributed by atoms with Crippen molar-refractivity contribution in [3.63, 3.8) is 0 Å². The van der Waals surface area contributed by atoms with Crippen molar-refractivity contribution < 1.29 is 13.7 Å². The average molecular weight is 341 g/mol. The topological polar surface area (TPSA) is 68.0 Å². The number of allylic oxidation sites excluding steroid dienone is 1. The highest BCUT2D eigenvalue weighted by Crippen LogP contribution is 2.41. The maximum atomic E-state index is 14.5. The lowest BCUT2D eigenvalue weighted by molar-refractivity contribution is 0.0929. The van der Waals surface area contributed by atoms with Crippen LogP contribution in [0.5, 0.6) is 0 Å². The van der Waals surface area contributed by atoms with Gasteiger partial charge in [0.2, 0.25) is 0 Å². The molecule has 4 rings (SSSR count). The molecule has 0 bridgehead atoms. The lowest BCUT2D eigenvalue weighted by atomic mass is 10.1. The van der Waals surface area contributed by atoms with E-state index in [1.807, 2.05) is 18.2 Å². The van der Waals surface area contributed by atoms with Gasteiger partial charge < -0.3 is 9.84 Å². The first-order valence-corrected chi connectivity index (χ1v) is 8.80. The zero-order valence-electron chi connectivity index (χ0n) is 13.9. The summed E-state index contributed by atoms with van der Waals surface area (Å²) < 4.78 is 19.6. The van der Waals surface area contributed by atoms with E-state index in [9.17, 15) is 9.18 Å². The second-order valence-electron chi connectivity index (χ2n) is 6.74. The van der Waals surface area contributed by atoms with Crippen LogP contribution in [0.3, 0.4) is 0 Å². The van der Waals surface area contributed by atoms with Crippen molar-refractivity contribution in [1.29, 1.82) is 0 Å².